The third-order valence-corrected chi connectivity index (χ3v) is 3.81. The number of halogens is 1. The van der Waals surface area contributed by atoms with E-state index >= 15 is 0 Å². The number of nitrogens with one attached hydrogen (secondary N) is 2. The van der Waals surface area contributed by atoms with Crippen LogP contribution in [0.3, 0.4) is 0 Å². The molecule has 0 fully saturated rings. The molecule has 3 aromatic rings. The van der Waals surface area contributed by atoms with Crippen LogP contribution in [0, 0.1) is 6.92 Å². The van der Waals surface area contributed by atoms with Crippen LogP contribution in [0.1, 0.15) is 21.6 Å². The van der Waals surface area contributed by atoms with Crippen LogP contribution in [0.25, 0.3) is 0 Å². The Balaban J connectivity index is 1.59. The molecule has 5 nitrogen and oxygen atoms in total. The highest BCUT2D eigenvalue weighted by Gasteiger charge is 2.08. The summed E-state index contributed by atoms with van der Waals surface area (Å²) in [4.78, 5) is 12.2. The van der Waals surface area contributed by atoms with E-state index in [0.29, 0.717) is 17.4 Å². The number of benzene rings is 2. The number of hydrogen-bond donors (Lipinski definition) is 2. The van der Waals surface area contributed by atoms with Crippen molar-refractivity contribution in [2.45, 2.75) is 13.5 Å². The van der Waals surface area contributed by atoms with Crippen LogP contribution in [0.2, 0.25) is 5.02 Å². The number of carbonyl (C=O) groups excluding carboxylic acids is 1. The van der Waals surface area contributed by atoms with E-state index in [9.17, 15) is 4.79 Å². The normalized spacial score (nSPS) is 10.3. The van der Waals surface area contributed by atoms with E-state index in [1.54, 1.807) is 12.1 Å². The summed E-state index contributed by atoms with van der Waals surface area (Å²) in [5, 5.41) is 14.7. The van der Waals surface area contributed by atoms with Gasteiger partial charge in [0, 0.05) is 17.3 Å². The van der Waals surface area contributed by atoms with E-state index in [1.807, 2.05) is 55.5 Å². The first-order valence-electron chi connectivity index (χ1n) is 7.80. The molecule has 0 bridgehead atoms. The summed E-state index contributed by atoms with van der Waals surface area (Å²) in [6.45, 7) is 2.57. The maximum absolute atomic E-state index is 12.2. The van der Waals surface area contributed by atoms with Crippen molar-refractivity contribution in [3.05, 3.63) is 82.5 Å². The molecule has 0 radical (unpaired) electrons. The van der Waals surface area contributed by atoms with Crippen LogP contribution >= 0.6 is 11.6 Å². The molecule has 1 heterocycles. The van der Waals surface area contributed by atoms with Crippen molar-refractivity contribution in [2.75, 3.05) is 10.6 Å². The highest BCUT2D eigenvalue weighted by Crippen LogP contribution is 2.13. The number of aromatic nitrogens is 2. The van der Waals surface area contributed by atoms with Gasteiger partial charge in [-0.2, -0.15) is 0 Å². The Labute approximate surface area is 151 Å². The summed E-state index contributed by atoms with van der Waals surface area (Å²) in [5.74, 6) is 0.310. The molecule has 0 saturated carbocycles. The monoisotopic (exact) mass is 352 g/mol. The lowest BCUT2D eigenvalue weighted by Gasteiger charge is -2.07. The molecule has 3 rings (SSSR count). The maximum Gasteiger partial charge on any atom is 0.276 e. The molecule has 0 unspecified atom stereocenters. The highest BCUT2D eigenvalue weighted by molar-refractivity contribution is 6.30. The molecule has 126 valence electrons. The topological polar surface area (TPSA) is 66.9 Å². The largest absolute Gasteiger partial charge is 0.365 e. The molecule has 0 atom stereocenters. The predicted octanol–water partition coefficient (Wildman–Crippen LogP) is 4.30. The lowest BCUT2D eigenvalue weighted by Crippen LogP contribution is -2.15. The first-order chi connectivity index (χ1) is 12.1. The fourth-order valence-corrected chi connectivity index (χ4v) is 2.39. The predicted molar refractivity (Wildman–Crippen MR) is 99.9 cm³/mol. The zero-order valence-electron chi connectivity index (χ0n) is 13.7. The minimum atomic E-state index is -0.289. The molecule has 0 aliphatic heterocycles. The number of amides is 1. The summed E-state index contributed by atoms with van der Waals surface area (Å²) in [6, 6.07) is 18.5. The first-order valence-corrected chi connectivity index (χ1v) is 8.18. The van der Waals surface area contributed by atoms with E-state index in [0.717, 1.165) is 16.8 Å². The van der Waals surface area contributed by atoms with Crippen LogP contribution in [0.15, 0.2) is 60.7 Å². The van der Waals surface area contributed by atoms with E-state index in [-0.39, 0.29) is 11.6 Å². The molecule has 2 aromatic carbocycles. The second kappa shape index (κ2) is 7.77. The Morgan fingerprint density at radius 2 is 1.84 bits per heavy atom. The SMILES string of the molecule is Cc1cccc(NC(=O)c2ccc(NCc3ccc(Cl)cc3)nn2)c1. The molecule has 1 amide bonds. The smallest absolute Gasteiger partial charge is 0.276 e. The quantitative estimate of drug-likeness (QED) is 0.718. The molecule has 6 heteroatoms. The van der Waals surface area contributed by atoms with Gasteiger partial charge in [-0.15, -0.1) is 10.2 Å². The van der Waals surface area contributed by atoms with Gasteiger partial charge in [0.15, 0.2) is 5.69 Å². The Bertz CT molecular complexity index is 863. The van der Waals surface area contributed by atoms with Crippen molar-refractivity contribution in [2.24, 2.45) is 0 Å². The van der Waals surface area contributed by atoms with E-state index in [2.05, 4.69) is 20.8 Å². The van der Waals surface area contributed by atoms with Crippen molar-refractivity contribution in [3.63, 3.8) is 0 Å². The van der Waals surface area contributed by atoms with Gasteiger partial charge in [0.05, 0.1) is 0 Å². The Morgan fingerprint density at radius 1 is 1.04 bits per heavy atom. The summed E-state index contributed by atoms with van der Waals surface area (Å²) < 4.78 is 0. The molecule has 2 N–H and O–H groups in total. The average Bonchev–Trinajstić information content (AvgIpc) is 2.62. The lowest BCUT2D eigenvalue weighted by molar-refractivity contribution is 0.102. The highest BCUT2D eigenvalue weighted by atomic mass is 35.5. The molecule has 0 saturated heterocycles. The number of anilines is 2. The number of hydrogen-bond acceptors (Lipinski definition) is 4. The number of aryl methyl sites for hydroxylation is 1. The van der Waals surface area contributed by atoms with Gasteiger partial charge in [-0.1, -0.05) is 35.9 Å². The van der Waals surface area contributed by atoms with Crippen LogP contribution in [0.5, 0.6) is 0 Å². The average molecular weight is 353 g/mol. The van der Waals surface area contributed by atoms with Gasteiger partial charge in [0.2, 0.25) is 0 Å². The Kier molecular flexibility index (Phi) is 5.26. The van der Waals surface area contributed by atoms with E-state index in [4.69, 9.17) is 11.6 Å². The second-order valence-electron chi connectivity index (χ2n) is 5.61. The Hall–Kier alpha value is -2.92. The van der Waals surface area contributed by atoms with Crippen LogP contribution in [-0.2, 0) is 6.54 Å². The minimum Gasteiger partial charge on any atom is -0.365 e. The lowest BCUT2D eigenvalue weighted by atomic mass is 10.2. The van der Waals surface area contributed by atoms with Gasteiger partial charge in [-0.05, 0) is 54.4 Å². The van der Waals surface area contributed by atoms with E-state index in [1.165, 1.54) is 0 Å². The molecular weight excluding hydrogens is 336 g/mol. The zero-order valence-corrected chi connectivity index (χ0v) is 14.4. The van der Waals surface area contributed by atoms with Crippen molar-refractivity contribution in [1.29, 1.82) is 0 Å². The molecular formula is C19H17ClN4O. The van der Waals surface area contributed by atoms with Crippen LogP contribution in [-0.4, -0.2) is 16.1 Å². The van der Waals surface area contributed by atoms with Crippen molar-refractivity contribution in [1.82, 2.24) is 10.2 Å². The minimum absolute atomic E-state index is 0.263. The molecule has 1 aromatic heterocycles. The molecule has 0 aliphatic rings. The summed E-state index contributed by atoms with van der Waals surface area (Å²) in [6.07, 6.45) is 0. The fourth-order valence-electron chi connectivity index (χ4n) is 2.26. The number of carbonyl (C=O) groups is 1. The zero-order chi connectivity index (χ0) is 17.6. The Morgan fingerprint density at radius 3 is 2.52 bits per heavy atom. The third-order valence-electron chi connectivity index (χ3n) is 3.56. The van der Waals surface area contributed by atoms with Gasteiger partial charge < -0.3 is 10.6 Å². The van der Waals surface area contributed by atoms with Crippen molar-refractivity contribution >= 4 is 29.0 Å². The van der Waals surface area contributed by atoms with Crippen molar-refractivity contribution < 1.29 is 4.79 Å². The molecule has 25 heavy (non-hydrogen) atoms. The van der Waals surface area contributed by atoms with Gasteiger partial charge in [0.25, 0.3) is 5.91 Å². The van der Waals surface area contributed by atoms with Crippen LogP contribution in [0.4, 0.5) is 11.5 Å². The van der Waals surface area contributed by atoms with E-state index < -0.39 is 0 Å². The summed E-state index contributed by atoms with van der Waals surface area (Å²) in [5.41, 5.74) is 3.15. The van der Waals surface area contributed by atoms with Gasteiger partial charge >= 0.3 is 0 Å². The standard InChI is InChI=1S/C19H17ClN4O/c1-13-3-2-4-16(11-13)22-19(25)17-9-10-18(24-23-17)21-12-14-5-7-15(20)8-6-14/h2-11H,12H2,1H3,(H,21,24)(H,22,25). The van der Waals surface area contributed by atoms with Crippen LogP contribution < -0.4 is 10.6 Å². The molecule has 0 spiro atoms. The van der Waals surface area contributed by atoms with Crippen molar-refractivity contribution in [3.8, 4) is 0 Å². The fraction of sp³-hybridized carbons (Fsp3) is 0.105. The van der Waals surface area contributed by atoms with Gasteiger partial charge in [-0.25, -0.2) is 0 Å². The molecule has 0 aliphatic carbocycles. The maximum atomic E-state index is 12.2. The first kappa shape index (κ1) is 16.9. The summed E-state index contributed by atoms with van der Waals surface area (Å²) in [7, 11) is 0. The van der Waals surface area contributed by atoms with Gasteiger partial charge in [0.1, 0.15) is 5.82 Å². The number of rotatable bonds is 5. The second-order valence-corrected chi connectivity index (χ2v) is 6.04. The van der Waals surface area contributed by atoms with Gasteiger partial charge in [-0.3, -0.25) is 4.79 Å². The third kappa shape index (κ3) is 4.78. The summed E-state index contributed by atoms with van der Waals surface area (Å²) >= 11 is 5.86. The number of nitrogens with zero attached hydrogens (tertiary/aromatic N) is 2.